The number of pyridine rings is 1. The van der Waals surface area contributed by atoms with Gasteiger partial charge in [0.05, 0.1) is 28.0 Å². The van der Waals surface area contributed by atoms with Gasteiger partial charge >= 0.3 is 0 Å². The van der Waals surface area contributed by atoms with Gasteiger partial charge < -0.3 is 9.80 Å². The van der Waals surface area contributed by atoms with Gasteiger partial charge in [-0.1, -0.05) is 30.0 Å². The number of hydrogen-bond acceptors (Lipinski definition) is 9. The van der Waals surface area contributed by atoms with E-state index in [1.807, 2.05) is 19.1 Å². The number of nitrogens with zero attached hydrogens (tertiary/aromatic N) is 5. The molecule has 0 spiro atoms. The van der Waals surface area contributed by atoms with Crippen LogP contribution in [0.25, 0.3) is 11.7 Å². The third kappa shape index (κ3) is 4.28. The summed E-state index contributed by atoms with van der Waals surface area (Å²) < 4.78 is 25.7. The fraction of sp³-hybridized carbons (Fsp3) is 0.455. The minimum atomic E-state index is -3.17. The largest absolute Gasteiger partial charge is 0.353 e. The molecule has 2 aromatic heterocycles. The number of sulfone groups is 1. The van der Waals surface area contributed by atoms with Crippen LogP contribution in [-0.4, -0.2) is 88.6 Å². The maximum atomic E-state index is 13.6. The summed E-state index contributed by atoms with van der Waals surface area (Å²) >= 11 is 6.55. The fourth-order valence-electron chi connectivity index (χ4n) is 4.54. The van der Waals surface area contributed by atoms with Crippen molar-refractivity contribution in [3.8, 4) is 0 Å². The zero-order chi connectivity index (χ0) is 24.2. The van der Waals surface area contributed by atoms with E-state index in [0.29, 0.717) is 45.8 Å². The van der Waals surface area contributed by atoms with Crippen LogP contribution in [0.2, 0.25) is 0 Å². The molecule has 3 aliphatic rings. The van der Waals surface area contributed by atoms with Gasteiger partial charge in [-0.3, -0.25) is 18.9 Å². The Labute approximate surface area is 207 Å². The van der Waals surface area contributed by atoms with Crippen LogP contribution >= 0.6 is 24.0 Å². The molecule has 1 unspecified atom stereocenters. The highest BCUT2D eigenvalue weighted by Gasteiger charge is 2.42. The normalized spacial score (nSPS) is 24.6. The van der Waals surface area contributed by atoms with Crippen molar-refractivity contribution >= 4 is 61.6 Å². The lowest BCUT2D eigenvalue weighted by molar-refractivity contribution is -0.123. The van der Waals surface area contributed by atoms with Crippen LogP contribution in [0.1, 0.15) is 17.5 Å². The Balaban J connectivity index is 1.59. The van der Waals surface area contributed by atoms with Gasteiger partial charge in [-0.25, -0.2) is 13.4 Å². The Morgan fingerprint density at radius 3 is 2.59 bits per heavy atom. The predicted octanol–water partition coefficient (Wildman–Crippen LogP) is 1.14. The van der Waals surface area contributed by atoms with Crippen LogP contribution < -0.4 is 10.5 Å². The summed E-state index contributed by atoms with van der Waals surface area (Å²) in [7, 11) is -1.12. The first-order chi connectivity index (χ1) is 16.1. The first-order valence-corrected chi connectivity index (χ1v) is 14.1. The smallest absolute Gasteiger partial charge is 0.267 e. The molecule has 5 heterocycles. The van der Waals surface area contributed by atoms with Crippen LogP contribution in [0.3, 0.4) is 0 Å². The zero-order valence-electron chi connectivity index (χ0n) is 18.9. The monoisotopic (exact) mass is 519 g/mol. The minimum Gasteiger partial charge on any atom is -0.353 e. The second kappa shape index (κ2) is 8.74. The maximum Gasteiger partial charge on any atom is 0.267 e. The summed E-state index contributed by atoms with van der Waals surface area (Å²) in [6.45, 7) is 5.01. The number of anilines is 1. The van der Waals surface area contributed by atoms with Crippen molar-refractivity contribution in [3.63, 3.8) is 0 Å². The number of fused-ring (bicyclic) bond motifs is 1. The van der Waals surface area contributed by atoms with E-state index in [-0.39, 0.29) is 23.0 Å². The summed E-state index contributed by atoms with van der Waals surface area (Å²) in [4.78, 5) is 37.7. The first kappa shape index (κ1) is 23.5. The minimum absolute atomic E-state index is 0.0522. The van der Waals surface area contributed by atoms with Crippen LogP contribution in [0, 0.1) is 6.92 Å². The summed E-state index contributed by atoms with van der Waals surface area (Å²) in [6.07, 6.45) is 3.69. The van der Waals surface area contributed by atoms with Crippen molar-refractivity contribution in [1.29, 1.82) is 0 Å². The molecule has 0 aromatic carbocycles. The van der Waals surface area contributed by atoms with Crippen molar-refractivity contribution in [1.82, 2.24) is 19.2 Å². The summed E-state index contributed by atoms with van der Waals surface area (Å²) in [6, 6.07) is 3.27. The van der Waals surface area contributed by atoms with Gasteiger partial charge in [0, 0.05) is 32.4 Å². The number of carbonyl (C=O) groups is 1. The Morgan fingerprint density at radius 1 is 1.18 bits per heavy atom. The molecule has 0 N–H and O–H groups in total. The number of thioether (sulfide) groups is 1. The lowest BCUT2D eigenvalue weighted by Crippen LogP contribution is -2.45. The Morgan fingerprint density at radius 2 is 1.91 bits per heavy atom. The second-order valence-electron chi connectivity index (χ2n) is 8.99. The van der Waals surface area contributed by atoms with Gasteiger partial charge in [0.2, 0.25) is 0 Å². The molecule has 2 aromatic rings. The van der Waals surface area contributed by atoms with Crippen LogP contribution in [-0.2, 0) is 14.6 Å². The van der Waals surface area contributed by atoms with E-state index in [4.69, 9.17) is 17.2 Å². The number of piperazine rings is 1. The third-order valence-corrected chi connectivity index (χ3v) is 9.54. The lowest BCUT2D eigenvalue weighted by atomic mass is 10.2. The maximum absolute atomic E-state index is 13.6. The van der Waals surface area contributed by atoms with Gasteiger partial charge in [0.15, 0.2) is 9.84 Å². The number of hydrogen-bond donors (Lipinski definition) is 0. The number of likely N-dealkylation sites (N-methyl/N-ethyl adjacent to an activating group) is 1. The lowest BCUT2D eigenvalue weighted by Gasteiger charge is -2.34. The van der Waals surface area contributed by atoms with E-state index < -0.39 is 15.9 Å². The SMILES string of the molecule is Cc1ccc2nc(N3CCN(C)CC3)c(/C=C3/SC(=S)N(C4CCS(=O)(=O)C4)C3=O)c(=O)n2c1. The Bertz CT molecular complexity index is 1390. The summed E-state index contributed by atoms with van der Waals surface area (Å²) in [5, 5.41) is 0. The van der Waals surface area contributed by atoms with Crippen molar-refractivity contribution in [3.05, 3.63) is 44.7 Å². The number of thiocarbonyl (C=S) groups is 1. The molecule has 0 saturated carbocycles. The van der Waals surface area contributed by atoms with E-state index in [0.717, 1.165) is 30.4 Å². The molecule has 0 bridgehead atoms. The van der Waals surface area contributed by atoms with E-state index in [9.17, 15) is 18.0 Å². The average Bonchev–Trinajstić information content (AvgIpc) is 3.28. The van der Waals surface area contributed by atoms with Crippen molar-refractivity contribution in [2.24, 2.45) is 0 Å². The molecule has 3 fully saturated rings. The number of aromatic nitrogens is 2. The summed E-state index contributed by atoms with van der Waals surface area (Å²) in [5.74, 6) is 0.167. The molecular formula is C22H25N5O4S3. The van der Waals surface area contributed by atoms with E-state index in [1.165, 1.54) is 9.30 Å². The van der Waals surface area contributed by atoms with Gasteiger partial charge in [-0.05, 0) is 38.1 Å². The zero-order valence-corrected chi connectivity index (χ0v) is 21.4. The van der Waals surface area contributed by atoms with Crippen molar-refractivity contribution < 1.29 is 13.2 Å². The Kier molecular flexibility index (Phi) is 6.03. The van der Waals surface area contributed by atoms with Crippen molar-refractivity contribution in [2.45, 2.75) is 19.4 Å². The van der Waals surface area contributed by atoms with Gasteiger partial charge in [-0.15, -0.1) is 0 Å². The Hall–Kier alpha value is -2.28. The molecule has 5 rings (SSSR count). The molecular weight excluding hydrogens is 494 g/mol. The number of aryl methyl sites for hydroxylation is 1. The number of amides is 1. The van der Waals surface area contributed by atoms with Crippen LogP contribution in [0.5, 0.6) is 0 Å². The molecule has 34 heavy (non-hydrogen) atoms. The van der Waals surface area contributed by atoms with Crippen molar-refractivity contribution in [2.75, 3.05) is 49.6 Å². The van der Waals surface area contributed by atoms with Gasteiger partial charge in [0.1, 0.15) is 15.8 Å². The average molecular weight is 520 g/mol. The van der Waals surface area contributed by atoms with E-state index in [2.05, 4.69) is 16.8 Å². The topological polar surface area (TPSA) is 95.3 Å². The van der Waals surface area contributed by atoms with Crippen LogP contribution in [0.15, 0.2) is 28.0 Å². The fourth-order valence-corrected chi connectivity index (χ4v) is 7.62. The van der Waals surface area contributed by atoms with E-state index >= 15 is 0 Å². The highest BCUT2D eigenvalue weighted by molar-refractivity contribution is 8.26. The molecule has 3 aliphatic heterocycles. The quantitative estimate of drug-likeness (QED) is 0.437. The molecule has 3 saturated heterocycles. The van der Waals surface area contributed by atoms with Gasteiger partial charge in [-0.2, -0.15) is 0 Å². The predicted molar refractivity (Wildman–Crippen MR) is 138 cm³/mol. The molecule has 0 aliphatic carbocycles. The highest BCUT2D eigenvalue weighted by atomic mass is 32.2. The molecule has 0 radical (unpaired) electrons. The number of rotatable bonds is 3. The van der Waals surface area contributed by atoms with E-state index in [1.54, 1.807) is 12.3 Å². The molecule has 180 valence electrons. The van der Waals surface area contributed by atoms with Gasteiger partial charge in [0.25, 0.3) is 11.5 Å². The number of carbonyl (C=O) groups excluding carboxylic acids is 1. The third-order valence-electron chi connectivity index (χ3n) is 6.46. The van der Waals surface area contributed by atoms with Crippen LogP contribution in [0.4, 0.5) is 5.82 Å². The molecule has 9 nitrogen and oxygen atoms in total. The second-order valence-corrected chi connectivity index (χ2v) is 12.9. The first-order valence-electron chi connectivity index (χ1n) is 11.1. The highest BCUT2D eigenvalue weighted by Crippen LogP contribution is 2.37. The molecule has 1 atom stereocenters. The standard InChI is InChI=1S/C22H25N5O4S3/c1-14-3-4-18-23-19(25-8-6-24(2)7-9-25)16(20(28)26(18)12-14)11-17-21(29)27(22(32)33-17)15-5-10-34(30,31)13-15/h3-4,11-12,15H,5-10,13H2,1-2H3/b17-11+. The summed E-state index contributed by atoms with van der Waals surface area (Å²) in [5.41, 5.74) is 1.55. The molecule has 1 amide bonds. The molecule has 12 heteroatoms.